The third-order valence-electron chi connectivity index (χ3n) is 9.63. The second-order valence-corrected chi connectivity index (χ2v) is 12.6. The normalized spacial score (nSPS) is 11.8. The third kappa shape index (κ3) is 4.72. The number of fused-ring (bicyclic) bond motifs is 5. The number of pyridine rings is 2. The molecule has 2 aromatic heterocycles. The first-order valence-electron chi connectivity index (χ1n) is 16.9. The van der Waals surface area contributed by atoms with E-state index in [0.717, 1.165) is 60.6 Å². The second kappa shape index (κ2) is 12.0. The Hall–Kier alpha value is -5.08. The van der Waals surface area contributed by atoms with Gasteiger partial charge in [0.1, 0.15) is 0 Å². The van der Waals surface area contributed by atoms with Crippen LogP contribution < -0.4 is 0 Å². The number of aromatic nitrogens is 2. The number of unbranched alkanes of at least 4 members (excludes halogenated alkanes) is 2. The highest BCUT2D eigenvalue weighted by Gasteiger charge is 2.20. The molecule has 0 saturated carbocycles. The van der Waals surface area contributed by atoms with Crippen molar-refractivity contribution in [2.24, 2.45) is 0 Å². The van der Waals surface area contributed by atoms with Gasteiger partial charge in [-0.25, -0.2) is 9.97 Å². The molecule has 6 aromatic carbocycles. The summed E-state index contributed by atoms with van der Waals surface area (Å²) in [5.41, 5.74) is 12.0. The molecule has 0 radical (unpaired) electrons. The largest absolute Gasteiger partial charge is 0.247 e. The Morgan fingerprint density at radius 3 is 1.35 bits per heavy atom. The van der Waals surface area contributed by atoms with E-state index in [-0.39, 0.29) is 0 Å². The van der Waals surface area contributed by atoms with Crippen LogP contribution >= 0.6 is 0 Å². The van der Waals surface area contributed by atoms with Gasteiger partial charge in [-0.2, -0.15) is 0 Å². The Kier molecular flexibility index (Phi) is 7.42. The molecule has 0 unspecified atom stereocenters. The fourth-order valence-corrected chi connectivity index (χ4v) is 7.42. The van der Waals surface area contributed by atoms with Crippen LogP contribution in [0.5, 0.6) is 0 Å². The van der Waals surface area contributed by atoms with Gasteiger partial charge in [-0.05, 0) is 70.8 Å². The molecule has 2 heterocycles. The summed E-state index contributed by atoms with van der Waals surface area (Å²) in [6.07, 6.45) is 6.71. The van der Waals surface area contributed by atoms with Gasteiger partial charge in [-0.1, -0.05) is 136 Å². The molecule has 0 N–H and O–H groups in total. The molecule has 0 aliphatic carbocycles. The molecule has 0 saturated heterocycles. The van der Waals surface area contributed by atoms with Crippen molar-refractivity contribution >= 4 is 54.4 Å². The van der Waals surface area contributed by atoms with Crippen molar-refractivity contribution in [3.05, 3.63) is 132 Å². The highest BCUT2D eigenvalue weighted by atomic mass is 14.7. The van der Waals surface area contributed by atoms with Crippen molar-refractivity contribution in [3.8, 4) is 22.3 Å². The van der Waals surface area contributed by atoms with Gasteiger partial charge in [0.05, 0.1) is 22.1 Å². The fraction of sp³-hybridized carbons (Fsp3) is 0.182. The number of rotatable bonds is 8. The summed E-state index contributed by atoms with van der Waals surface area (Å²) in [5.74, 6) is 0. The summed E-state index contributed by atoms with van der Waals surface area (Å²) in [7, 11) is 0. The van der Waals surface area contributed by atoms with Gasteiger partial charge in [0.2, 0.25) is 0 Å². The maximum Gasteiger partial charge on any atom is 0.0747 e. The van der Waals surface area contributed by atoms with E-state index in [2.05, 4.69) is 135 Å². The zero-order valence-electron chi connectivity index (χ0n) is 26.7. The fourth-order valence-electron chi connectivity index (χ4n) is 7.42. The zero-order valence-corrected chi connectivity index (χ0v) is 26.7. The van der Waals surface area contributed by atoms with Gasteiger partial charge >= 0.3 is 0 Å². The minimum absolute atomic E-state index is 1.04. The summed E-state index contributed by atoms with van der Waals surface area (Å²) >= 11 is 0. The Balaban J connectivity index is 1.51. The number of para-hydroxylation sites is 4. The lowest BCUT2D eigenvalue weighted by molar-refractivity contribution is 0.798. The van der Waals surface area contributed by atoms with Crippen molar-refractivity contribution in [3.63, 3.8) is 0 Å². The van der Waals surface area contributed by atoms with E-state index in [9.17, 15) is 0 Å². The van der Waals surface area contributed by atoms with E-state index in [4.69, 9.17) is 9.97 Å². The van der Waals surface area contributed by atoms with Gasteiger partial charge in [0.25, 0.3) is 0 Å². The summed E-state index contributed by atoms with van der Waals surface area (Å²) in [6, 6.07) is 44.5. The molecule has 0 bridgehead atoms. The number of aryl methyl sites for hydroxylation is 2. The van der Waals surface area contributed by atoms with Crippen molar-refractivity contribution in [2.45, 2.75) is 52.4 Å². The lowest BCUT2D eigenvalue weighted by Crippen LogP contribution is -1.97. The highest BCUT2D eigenvalue weighted by molar-refractivity contribution is 6.21. The van der Waals surface area contributed by atoms with Crippen molar-refractivity contribution in [2.75, 3.05) is 0 Å². The van der Waals surface area contributed by atoms with Crippen LogP contribution in [0.25, 0.3) is 76.6 Å². The van der Waals surface area contributed by atoms with E-state index in [1.54, 1.807) is 0 Å². The smallest absolute Gasteiger partial charge is 0.0747 e. The molecule has 0 atom stereocenters. The second-order valence-electron chi connectivity index (χ2n) is 12.6. The summed E-state index contributed by atoms with van der Waals surface area (Å²) in [6.45, 7) is 4.52. The summed E-state index contributed by atoms with van der Waals surface area (Å²) in [5, 5.41) is 7.34. The summed E-state index contributed by atoms with van der Waals surface area (Å²) in [4.78, 5) is 10.6. The number of hydrogen-bond donors (Lipinski definition) is 0. The minimum Gasteiger partial charge on any atom is -0.247 e. The van der Waals surface area contributed by atoms with Crippen LogP contribution in [0.15, 0.2) is 121 Å². The molecule has 224 valence electrons. The molecule has 0 aliphatic rings. The topological polar surface area (TPSA) is 25.8 Å². The van der Waals surface area contributed by atoms with Crippen molar-refractivity contribution in [1.82, 2.24) is 9.97 Å². The van der Waals surface area contributed by atoms with Crippen LogP contribution in [0, 0.1) is 0 Å². The predicted octanol–water partition coefficient (Wildman–Crippen LogP) is 12.3. The standard InChI is InChI=1S/C44H38N2/c1-3-5-15-30-19-13-25-36-41(32-21-7-9-27-38(32)45-43(30)36)34-23-11-17-29-18-12-24-35(40(29)34)42-33-22-8-10-28-39(33)46-44-31(16-6-4-2)20-14-26-37(42)44/h7-14,17-28H,3-6,15-16H2,1-2H3. The van der Waals surface area contributed by atoms with Crippen LogP contribution in [0.1, 0.15) is 50.7 Å². The molecule has 0 fully saturated rings. The monoisotopic (exact) mass is 594 g/mol. The number of hydrogen-bond acceptors (Lipinski definition) is 2. The minimum atomic E-state index is 1.04. The average molecular weight is 595 g/mol. The van der Waals surface area contributed by atoms with Crippen LogP contribution in [0.2, 0.25) is 0 Å². The first kappa shape index (κ1) is 28.4. The van der Waals surface area contributed by atoms with Crippen LogP contribution in [-0.4, -0.2) is 9.97 Å². The zero-order chi connectivity index (χ0) is 31.0. The Bertz CT molecular complexity index is 2240. The van der Waals surface area contributed by atoms with Crippen LogP contribution in [0.3, 0.4) is 0 Å². The van der Waals surface area contributed by atoms with Gasteiger partial charge in [-0.3, -0.25) is 0 Å². The van der Waals surface area contributed by atoms with Crippen LogP contribution in [0.4, 0.5) is 0 Å². The highest BCUT2D eigenvalue weighted by Crippen LogP contribution is 2.45. The van der Waals surface area contributed by atoms with E-state index < -0.39 is 0 Å². The lowest BCUT2D eigenvalue weighted by Gasteiger charge is -2.19. The predicted molar refractivity (Wildman–Crippen MR) is 198 cm³/mol. The Morgan fingerprint density at radius 1 is 0.435 bits per heavy atom. The van der Waals surface area contributed by atoms with Crippen LogP contribution in [-0.2, 0) is 12.8 Å². The molecular weight excluding hydrogens is 556 g/mol. The average Bonchev–Trinajstić information content (AvgIpc) is 3.10. The Morgan fingerprint density at radius 2 is 0.870 bits per heavy atom. The first-order chi connectivity index (χ1) is 22.8. The molecule has 8 aromatic rings. The van der Waals surface area contributed by atoms with Gasteiger partial charge in [-0.15, -0.1) is 0 Å². The maximum atomic E-state index is 5.29. The SMILES string of the molecule is CCCCc1cccc2c(-c3cccc4cccc(-c5c6ccccc6nc6c(CCCC)cccc56)c34)c3ccccc3nc12. The first-order valence-corrected chi connectivity index (χ1v) is 16.9. The van der Waals surface area contributed by atoms with Gasteiger partial charge in [0.15, 0.2) is 0 Å². The molecule has 0 spiro atoms. The van der Waals surface area contributed by atoms with Gasteiger partial charge in [0, 0.05) is 32.7 Å². The Labute approximate surface area is 270 Å². The van der Waals surface area contributed by atoms with E-state index in [1.807, 2.05) is 0 Å². The van der Waals surface area contributed by atoms with E-state index in [1.165, 1.54) is 65.7 Å². The van der Waals surface area contributed by atoms with E-state index >= 15 is 0 Å². The molecular formula is C44H38N2. The molecule has 0 aliphatic heterocycles. The lowest BCUT2D eigenvalue weighted by atomic mass is 9.85. The molecule has 8 rings (SSSR count). The maximum absolute atomic E-state index is 5.29. The summed E-state index contributed by atoms with van der Waals surface area (Å²) < 4.78 is 0. The van der Waals surface area contributed by atoms with Crippen molar-refractivity contribution in [1.29, 1.82) is 0 Å². The van der Waals surface area contributed by atoms with Crippen molar-refractivity contribution < 1.29 is 0 Å². The van der Waals surface area contributed by atoms with Gasteiger partial charge < -0.3 is 0 Å². The molecule has 2 heteroatoms. The molecule has 46 heavy (non-hydrogen) atoms. The molecule has 0 amide bonds. The molecule has 2 nitrogen and oxygen atoms in total. The van der Waals surface area contributed by atoms with E-state index in [0.29, 0.717) is 0 Å². The quantitative estimate of drug-likeness (QED) is 0.164. The number of benzene rings is 6. The third-order valence-corrected chi connectivity index (χ3v) is 9.63. The number of nitrogens with zero attached hydrogens (tertiary/aromatic N) is 2.